The summed E-state index contributed by atoms with van der Waals surface area (Å²) in [5, 5.41) is 4.42. The zero-order chi connectivity index (χ0) is 47.4. The van der Waals surface area contributed by atoms with Gasteiger partial charge in [0.15, 0.2) is 0 Å². The van der Waals surface area contributed by atoms with E-state index in [1.54, 1.807) is 0 Å². The van der Waals surface area contributed by atoms with Crippen molar-refractivity contribution < 1.29 is 24.5 Å². The van der Waals surface area contributed by atoms with E-state index in [1.165, 1.54) is 43.0 Å². The first-order valence-electron chi connectivity index (χ1n) is 23.6. The molecule has 0 saturated carbocycles. The van der Waals surface area contributed by atoms with Crippen LogP contribution in [0.5, 0.6) is 0 Å². The van der Waals surface area contributed by atoms with E-state index in [2.05, 4.69) is 168 Å². The maximum absolute atomic E-state index is 6.28. The number of hydrogen-bond donors (Lipinski definition) is 0. The van der Waals surface area contributed by atoms with Crippen LogP contribution in [0.2, 0.25) is 17.3 Å². The van der Waals surface area contributed by atoms with Crippen LogP contribution in [0.25, 0.3) is 83.3 Å². The molecule has 5 heterocycles. The molecule has 5 aromatic carbocycles. The van der Waals surface area contributed by atoms with Gasteiger partial charge < -0.3 is 8.98 Å². The molecule has 0 atom stereocenters. The minimum atomic E-state index is -1.90. The summed E-state index contributed by atoms with van der Waals surface area (Å²) >= 11 is -1.90. The molecule has 0 unspecified atom stereocenters. The van der Waals surface area contributed by atoms with Crippen LogP contribution in [0.4, 0.5) is 0 Å². The van der Waals surface area contributed by atoms with Crippen LogP contribution >= 0.6 is 0 Å². The third-order valence-electron chi connectivity index (χ3n) is 12.6. The van der Waals surface area contributed by atoms with E-state index < -0.39 is 13.3 Å². The largest absolute Gasteiger partial charge is 0.458 e. The number of furan rings is 1. The minimum Gasteiger partial charge on any atom is -0.458 e. The first kappa shape index (κ1) is 48.7. The van der Waals surface area contributed by atoms with E-state index in [-0.39, 0.29) is 31.9 Å². The molecule has 0 aliphatic rings. The zero-order valence-corrected chi connectivity index (χ0v) is 46.0. The van der Waals surface area contributed by atoms with Crippen molar-refractivity contribution in [1.82, 2.24) is 24.5 Å². The third-order valence-corrected chi connectivity index (χ3v) is 17.0. The van der Waals surface area contributed by atoms with Gasteiger partial charge in [-0.2, -0.15) is 0 Å². The van der Waals surface area contributed by atoms with Crippen LogP contribution in [0.1, 0.15) is 88.4 Å². The Balaban J connectivity index is 0.000000240. The van der Waals surface area contributed by atoms with Crippen molar-refractivity contribution in [2.24, 2.45) is 5.41 Å². The predicted octanol–water partition coefficient (Wildman–Crippen LogP) is 15.5. The first-order valence-corrected chi connectivity index (χ1v) is 31.0. The standard InChI is InChI=1S/C41H35N4O.C19H26GeN.Ir/c1-23(2)33-21-30(29-16-15-27-10-7-8-11-28(27)20-29)22-34(24(3)4)39(33)45-38-26(6)42-19-18-35(38)44-40(45)31-12-9-13-36-37(31)32-17-14-25(5)43-41(32)46-36;1-19(2,3)13-16-12-18(15-10-8-7-9-11-15)21-14-17(16)20(4,5)6;/h7-11,13-24H,1-6H3;7-10,12,14H,13H2,1-6H3;/q2*-1;. The molecule has 6 nitrogen and oxygen atoms in total. The summed E-state index contributed by atoms with van der Waals surface area (Å²) in [6.07, 6.45) is 5.09. The van der Waals surface area contributed by atoms with Gasteiger partial charge in [0.1, 0.15) is 0 Å². The molecule has 1 radical (unpaired) electrons. The Bertz CT molecular complexity index is 3420. The van der Waals surface area contributed by atoms with E-state index in [9.17, 15) is 0 Å². The van der Waals surface area contributed by atoms with E-state index in [1.807, 2.05) is 55.6 Å². The van der Waals surface area contributed by atoms with Crippen molar-refractivity contribution in [3.63, 3.8) is 0 Å². The molecule has 10 rings (SSSR count). The quantitative estimate of drug-likeness (QED) is 0.112. The van der Waals surface area contributed by atoms with Gasteiger partial charge >= 0.3 is 132 Å². The van der Waals surface area contributed by atoms with Gasteiger partial charge in [-0.05, 0) is 89.0 Å². The van der Waals surface area contributed by atoms with E-state index in [0.717, 1.165) is 73.5 Å². The number of aryl methyl sites for hydroxylation is 2. The molecule has 0 aliphatic carbocycles. The molecule has 0 amide bonds. The van der Waals surface area contributed by atoms with Gasteiger partial charge in [0.05, 0.1) is 28.1 Å². The third kappa shape index (κ3) is 9.76. The minimum absolute atomic E-state index is 0. The summed E-state index contributed by atoms with van der Waals surface area (Å²) in [4.78, 5) is 19.5. The fraction of sp³-hybridized carbons (Fsp3) is 0.267. The number of rotatable bonds is 8. The van der Waals surface area contributed by atoms with Crippen molar-refractivity contribution in [2.45, 2.75) is 97.8 Å². The number of hydrogen-bond acceptors (Lipinski definition) is 5. The molecule has 347 valence electrons. The van der Waals surface area contributed by atoms with Crippen LogP contribution < -0.4 is 4.40 Å². The van der Waals surface area contributed by atoms with Crippen molar-refractivity contribution in [3.8, 4) is 39.5 Å². The molecule has 10 aromatic rings. The van der Waals surface area contributed by atoms with Gasteiger partial charge in [0.25, 0.3) is 0 Å². The Hall–Kier alpha value is -5.73. The number of benzene rings is 5. The van der Waals surface area contributed by atoms with Crippen molar-refractivity contribution in [2.75, 3.05) is 0 Å². The monoisotopic (exact) mass is 1130 g/mol. The molecule has 0 spiro atoms. The van der Waals surface area contributed by atoms with Crippen LogP contribution in [0, 0.1) is 31.4 Å². The van der Waals surface area contributed by atoms with E-state index >= 15 is 0 Å². The van der Waals surface area contributed by atoms with Crippen LogP contribution in [-0.2, 0) is 26.5 Å². The summed E-state index contributed by atoms with van der Waals surface area (Å²) in [6, 6.07) is 47.3. The Kier molecular flexibility index (Phi) is 13.9. The molecule has 0 aliphatic heterocycles. The van der Waals surface area contributed by atoms with Gasteiger partial charge in [-0.15, -0.1) is 12.1 Å². The average Bonchev–Trinajstić information content (AvgIpc) is 3.87. The molecule has 5 aromatic heterocycles. The van der Waals surface area contributed by atoms with Crippen LogP contribution in [0.15, 0.2) is 132 Å². The van der Waals surface area contributed by atoms with Crippen LogP contribution in [0.3, 0.4) is 0 Å². The smallest absolute Gasteiger partial charge is 0.215 e. The van der Waals surface area contributed by atoms with Crippen LogP contribution in [-0.4, -0.2) is 37.8 Å². The molecule has 0 saturated heterocycles. The normalized spacial score (nSPS) is 12.0. The summed E-state index contributed by atoms with van der Waals surface area (Å²) in [7, 11) is 0. The first-order chi connectivity index (χ1) is 31.9. The molecule has 8 heteroatoms. The van der Waals surface area contributed by atoms with Crippen molar-refractivity contribution >= 4 is 61.5 Å². The maximum atomic E-state index is 6.28. The van der Waals surface area contributed by atoms with Gasteiger partial charge in [-0.1, -0.05) is 87.2 Å². The molecular weight excluding hydrogens is 1070 g/mol. The van der Waals surface area contributed by atoms with Gasteiger partial charge in [0, 0.05) is 43.1 Å². The molecule has 0 fully saturated rings. The molecule has 68 heavy (non-hydrogen) atoms. The number of nitrogens with zero attached hydrogens (tertiary/aromatic N) is 5. The fourth-order valence-electron chi connectivity index (χ4n) is 9.42. The van der Waals surface area contributed by atoms with Gasteiger partial charge in [-0.3, -0.25) is 9.97 Å². The fourth-order valence-corrected chi connectivity index (χ4v) is 12.7. The van der Waals surface area contributed by atoms with Crippen molar-refractivity contribution in [1.29, 1.82) is 0 Å². The Labute approximate surface area is 418 Å². The van der Waals surface area contributed by atoms with Crippen molar-refractivity contribution in [3.05, 3.63) is 168 Å². The second-order valence-electron chi connectivity index (χ2n) is 20.9. The summed E-state index contributed by atoms with van der Waals surface area (Å²) in [5.41, 5.74) is 16.1. The maximum Gasteiger partial charge on any atom is 0.215 e. The SMILES string of the molecule is CC(C)(C)Cc1cc(-c2[c-]cccc2)nc[c]1[Ge]([CH3])([CH3])[CH3].Cc1ccc2c(n1)oc1cc[c-]c(-c3nc4ccnc(C)c4n3-c3c(C(C)C)cc(-c4ccc5ccccc5c4)cc3C(C)C)c12.[Ir]. The number of aromatic nitrogens is 5. The second-order valence-corrected chi connectivity index (χ2v) is 31.5. The Morgan fingerprint density at radius 2 is 1.44 bits per heavy atom. The van der Waals surface area contributed by atoms with E-state index in [4.69, 9.17) is 24.4 Å². The summed E-state index contributed by atoms with van der Waals surface area (Å²) in [5.74, 6) is 8.64. The average molecular weight is 1130 g/mol. The Morgan fingerprint density at radius 1 is 0.721 bits per heavy atom. The second kappa shape index (κ2) is 19.3. The predicted molar refractivity (Wildman–Crippen MR) is 283 cm³/mol. The topological polar surface area (TPSA) is 69.6 Å². The number of fused-ring (bicyclic) bond motifs is 5. The van der Waals surface area contributed by atoms with E-state index in [0.29, 0.717) is 11.1 Å². The number of pyridine rings is 3. The molecule has 0 N–H and O–H groups in total. The summed E-state index contributed by atoms with van der Waals surface area (Å²) in [6.45, 7) is 20.1. The Morgan fingerprint density at radius 3 is 2.12 bits per heavy atom. The van der Waals surface area contributed by atoms with Gasteiger partial charge in [-0.25, -0.2) is 4.98 Å². The summed E-state index contributed by atoms with van der Waals surface area (Å²) < 4.78 is 10.2. The molecule has 0 bridgehead atoms. The van der Waals surface area contributed by atoms with Gasteiger partial charge in [0.2, 0.25) is 5.71 Å². The molecular formula is C60H61GeIrN5O-2. The zero-order valence-electron chi connectivity index (χ0n) is 41.5. The number of imidazole rings is 1.